The van der Waals surface area contributed by atoms with Crippen LogP contribution in [0, 0.1) is 11.3 Å². The maximum atomic E-state index is 12.5. The largest absolute Gasteiger partial charge is 0.493 e. The summed E-state index contributed by atoms with van der Waals surface area (Å²) in [5, 5.41) is 12.8. The summed E-state index contributed by atoms with van der Waals surface area (Å²) in [6, 6.07) is 16.8. The van der Waals surface area contributed by atoms with Crippen molar-refractivity contribution in [2.24, 2.45) is 0 Å². The Morgan fingerprint density at radius 1 is 1.10 bits per heavy atom. The SMILES string of the molecule is CCCCCCCCOc1ccc(Cl)cc1/C=C(\C#N)C(=O)NCc1ccccc1. The Morgan fingerprint density at radius 3 is 2.57 bits per heavy atom. The second-order valence-electron chi connectivity index (χ2n) is 7.14. The number of nitriles is 1. The fraction of sp³-hybridized carbons (Fsp3) is 0.360. The summed E-state index contributed by atoms with van der Waals surface area (Å²) in [6.45, 7) is 3.16. The molecule has 0 spiro atoms. The average molecular weight is 425 g/mol. The van der Waals surface area contributed by atoms with Crippen LogP contribution < -0.4 is 10.1 Å². The van der Waals surface area contributed by atoms with Gasteiger partial charge in [0.25, 0.3) is 5.91 Å². The van der Waals surface area contributed by atoms with Crippen molar-refractivity contribution in [1.82, 2.24) is 5.32 Å². The van der Waals surface area contributed by atoms with Crippen molar-refractivity contribution in [3.63, 3.8) is 0 Å². The molecule has 0 saturated carbocycles. The number of hydrogen-bond acceptors (Lipinski definition) is 3. The Balaban J connectivity index is 1.99. The predicted octanol–water partition coefficient (Wildman–Crippen LogP) is 6.30. The highest BCUT2D eigenvalue weighted by atomic mass is 35.5. The number of ether oxygens (including phenoxy) is 1. The van der Waals surface area contributed by atoms with E-state index in [9.17, 15) is 10.1 Å². The molecule has 0 aliphatic heterocycles. The molecule has 0 radical (unpaired) electrons. The first-order valence-corrected chi connectivity index (χ1v) is 10.9. The quantitative estimate of drug-likeness (QED) is 0.247. The number of amides is 1. The van der Waals surface area contributed by atoms with Crippen LogP contribution in [0.5, 0.6) is 5.75 Å². The molecule has 0 aliphatic rings. The van der Waals surface area contributed by atoms with Crippen molar-refractivity contribution in [3.8, 4) is 11.8 Å². The van der Waals surface area contributed by atoms with Crippen molar-refractivity contribution < 1.29 is 9.53 Å². The molecule has 5 heteroatoms. The van der Waals surface area contributed by atoms with Crippen LogP contribution in [0.15, 0.2) is 54.1 Å². The topological polar surface area (TPSA) is 62.1 Å². The number of unbranched alkanes of at least 4 members (excludes halogenated alkanes) is 5. The number of nitrogens with zero attached hydrogens (tertiary/aromatic N) is 1. The molecule has 2 rings (SSSR count). The van der Waals surface area contributed by atoms with E-state index in [1.165, 1.54) is 31.8 Å². The predicted molar refractivity (Wildman–Crippen MR) is 122 cm³/mol. The lowest BCUT2D eigenvalue weighted by Gasteiger charge is -2.10. The summed E-state index contributed by atoms with van der Waals surface area (Å²) < 4.78 is 5.91. The summed E-state index contributed by atoms with van der Waals surface area (Å²) in [5.41, 5.74) is 1.60. The molecular formula is C25H29ClN2O2. The smallest absolute Gasteiger partial charge is 0.262 e. The fourth-order valence-electron chi connectivity index (χ4n) is 3.01. The molecule has 0 unspecified atom stereocenters. The van der Waals surface area contributed by atoms with Crippen LogP contribution in [0.2, 0.25) is 5.02 Å². The number of carbonyl (C=O) groups excluding carboxylic acids is 1. The van der Waals surface area contributed by atoms with E-state index in [1.54, 1.807) is 18.2 Å². The minimum Gasteiger partial charge on any atom is -0.493 e. The van der Waals surface area contributed by atoms with Gasteiger partial charge >= 0.3 is 0 Å². The van der Waals surface area contributed by atoms with Gasteiger partial charge in [0.05, 0.1) is 6.61 Å². The first kappa shape index (κ1) is 23.5. The Morgan fingerprint density at radius 2 is 1.83 bits per heavy atom. The monoisotopic (exact) mass is 424 g/mol. The van der Waals surface area contributed by atoms with Crippen molar-refractivity contribution in [1.29, 1.82) is 5.26 Å². The van der Waals surface area contributed by atoms with Gasteiger partial charge in [0.15, 0.2) is 0 Å². The Kier molecular flexibility index (Phi) is 10.5. The number of halogens is 1. The molecular weight excluding hydrogens is 396 g/mol. The molecule has 4 nitrogen and oxygen atoms in total. The average Bonchev–Trinajstić information content (AvgIpc) is 2.77. The first-order chi connectivity index (χ1) is 14.6. The van der Waals surface area contributed by atoms with Crippen LogP contribution in [-0.2, 0) is 11.3 Å². The summed E-state index contributed by atoms with van der Waals surface area (Å²) in [6.07, 6.45) is 8.61. The molecule has 0 aliphatic carbocycles. The lowest BCUT2D eigenvalue weighted by molar-refractivity contribution is -0.117. The first-order valence-electron chi connectivity index (χ1n) is 10.5. The zero-order valence-corrected chi connectivity index (χ0v) is 18.3. The van der Waals surface area contributed by atoms with Gasteiger partial charge in [0.1, 0.15) is 17.4 Å². The molecule has 0 saturated heterocycles. The van der Waals surface area contributed by atoms with E-state index in [0.29, 0.717) is 29.5 Å². The van der Waals surface area contributed by atoms with Gasteiger partial charge in [-0.3, -0.25) is 4.79 Å². The second-order valence-corrected chi connectivity index (χ2v) is 7.57. The lowest BCUT2D eigenvalue weighted by Crippen LogP contribution is -2.23. The van der Waals surface area contributed by atoms with Gasteiger partial charge in [-0.1, -0.05) is 81.0 Å². The third-order valence-electron chi connectivity index (χ3n) is 4.69. The summed E-state index contributed by atoms with van der Waals surface area (Å²) in [5.74, 6) is 0.194. The molecule has 0 bridgehead atoms. The van der Waals surface area contributed by atoms with Gasteiger partial charge in [0.2, 0.25) is 0 Å². The molecule has 1 amide bonds. The third kappa shape index (κ3) is 8.31. The van der Waals surface area contributed by atoms with Gasteiger partial charge in [-0.15, -0.1) is 0 Å². The Hall–Kier alpha value is -2.77. The summed E-state index contributed by atoms with van der Waals surface area (Å²) in [4.78, 5) is 12.5. The second kappa shape index (κ2) is 13.5. The van der Waals surface area contributed by atoms with E-state index in [-0.39, 0.29) is 5.57 Å². The third-order valence-corrected chi connectivity index (χ3v) is 4.92. The summed E-state index contributed by atoms with van der Waals surface area (Å²) >= 11 is 6.13. The van der Waals surface area contributed by atoms with Crippen LogP contribution in [0.1, 0.15) is 56.6 Å². The molecule has 0 fully saturated rings. The molecule has 0 atom stereocenters. The Bertz CT molecular complexity index is 872. The zero-order chi connectivity index (χ0) is 21.6. The highest BCUT2D eigenvalue weighted by molar-refractivity contribution is 6.30. The van der Waals surface area contributed by atoms with Crippen molar-refractivity contribution in [2.45, 2.75) is 52.0 Å². The normalized spacial score (nSPS) is 11.0. The summed E-state index contributed by atoms with van der Waals surface area (Å²) in [7, 11) is 0. The van der Waals surface area contributed by atoms with Gasteiger partial charge < -0.3 is 10.1 Å². The highest BCUT2D eigenvalue weighted by Gasteiger charge is 2.11. The molecule has 2 aromatic rings. The van der Waals surface area contributed by atoms with Crippen LogP contribution >= 0.6 is 11.6 Å². The van der Waals surface area contributed by atoms with Crippen LogP contribution in [0.25, 0.3) is 6.08 Å². The van der Waals surface area contributed by atoms with Crippen LogP contribution in [-0.4, -0.2) is 12.5 Å². The van der Waals surface area contributed by atoms with Gasteiger partial charge in [-0.05, 0) is 36.3 Å². The van der Waals surface area contributed by atoms with E-state index < -0.39 is 5.91 Å². The van der Waals surface area contributed by atoms with Crippen LogP contribution in [0.4, 0.5) is 0 Å². The minimum absolute atomic E-state index is 0.0117. The number of benzene rings is 2. The standard InChI is InChI=1S/C25H29ClN2O2/c1-2-3-4-5-6-10-15-30-24-14-13-23(26)17-21(24)16-22(18-27)25(29)28-19-20-11-8-7-9-12-20/h7-9,11-14,16-17H,2-6,10,15,19H2,1H3,(H,28,29)/b22-16+. The van der Waals surface area contributed by atoms with Crippen LogP contribution in [0.3, 0.4) is 0 Å². The number of carbonyl (C=O) groups is 1. The van der Waals surface area contributed by atoms with E-state index in [4.69, 9.17) is 16.3 Å². The molecule has 158 valence electrons. The maximum Gasteiger partial charge on any atom is 0.262 e. The highest BCUT2D eigenvalue weighted by Crippen LogP contribution is 2.26. The molecule has 1 N–H and O–H groups in total. The lowest BCUT2D eigenvalue weighted by atomic mass is 10.1. The van der Waals surface area contributed by atoms with Crippen molar-refractivity contribution >= 4 is 23.6 Å². The van der Waals surface area contributed by atoms with E-state index in [2.05, 4.69) is 12.2 Å². The number of hydrogen-bond donors (Lipinski definition) is 1. The maximum absolute atomic E-state index is 12.5. The minimum atomic E-state index is -0.428. The number of nitrogens with one attached hydrogen (secondary N) is 1. The number of rotatable bonds is 12. The van der Waals surface area contributed by atoms with E-state index >= 15 is 0 Å². The van der Waals surface area contributed by atoms with Crippen molar-refractivity contribution in [3.05, 3.63) is 70.3 Å². The molecule has 0 heterocycles. The molecule has 2 aromatic carbocycles. The van der Waals surface area contributed by atoms with Gasteiger partial charge in [-0.2, -0.15) is 5.26 Å². The fourth-order valence-corrected chi connectivity index (χ4v) is 3.19. The van der Waals surface area contributed by atoms with Gasteiger partial charge in [-0.25, -0.2) is 0 Å². The van der Waals surface area contributed by atoms with E-state index in [1.807, 2.05) is 36.4 Å². The van der Waals surface area contributed by atoms with Gasteiger partial charge in [0, 0.05) is 17.1 Å². The van der Waals surface area contributed by atoms with Crippen molar-refractivity contribution in [2.75, 3.05) is 6.61 Å². The molecule has 30 heavy (non-hydrogen) atoms. The van der Waals surface area contributed by atoms with E-state index in [0.717, 1.165) is 18.4 Å². The zero-order valence-electron chi connectivity index (χ0n) is 17.5. The molecule has 0 aromatic heterocycles. The Labute approximate surface area is 184 Å².